The van der Waals surface area contributed by atoms with Crippen LogP contribution in [0.4, 0.5) is 0 Å². The highest BCUT2D eigenvalue weighted by Gasteiger charge is 2.14. The highest BCUT2D eigenvalue weighted by atomic mass is 16.5. The summed E-state index contributed by atoms with van der Waals surface area (Å²) in [6.07, 6.45) is 33.8. The maximum Gasteiger partial charge on any atom is 0.306 e. The van der Waals surface area contributed by atoms with E-state index in [0.717, 1.165) is 57.8 Å². The molecule has 0 amide bonds. The van der Waals surface area contributed by atoms with Crippen molar-refractivity contribution in [2.24, 2.45) is 0 Å². The molecule has 0 aliphatic heterocycles. The van der Waals surface area contributed by atoms with E-state index in [-0.39, 0.29) is 18.5 Å². The summed E-state index contributed by atoms with van der Waals surface area (Å²) in [5, 5.41) is 8.75. The second-order valence-electron chi connectivity index (χ2n) is 11.0. The largest absolute Gasteiger partial charge is 0.481 e. The Kier molecular flexibility index (Phi) is 28.2. The van der Waals surface area contributed by atoms with E-state index >= 15 is 0 Å². The first-order chi connectivity index (χ1) is 18.1. The minimum Gasteiger partial charge on any atom is -0.481 e. The second kappa shape index (κ2) is 29.2. The summed E-state index contributed by atoms with van der Waals surface area (Å²) in [6.45, 7) is 4.48. The molecule has 0 saturated heterocycles. The van der Waals surface area contributed by atoms with E-state index in [1.165, 1.54) is 96.3 Å². The molecule has 0 aliphatic rings. The summed E-state index contributed by atoms with van der Waals surface area (Å²) < 4.78 is 5.86. The molecule has 0 bridgehead atoms. The van der Waals surface area contributed by atoms with Gasteiger partial charge in [-0.25, -0.2) is 0 Å². The van der Waals surface area contributed by atoms with Gasteiger partial charge in [0.1, 0.15) is 6.10 Å². The molecule has 1 N–H and O–H groups in total. The van der Waals surface area contributed by atoms with Crippen molar-refractivity contribution in [3.8, 4) is 0 Å². The van der Waals surface area contributed by atoms with Crippen molar-refractivity contribution in [2.75, 3.05) is 0 Å². The molecule has 0 heterocycles. The fourth-order valence-corrected chi connectivity index (χ4v) is 4.82. The van der Waals surface area contributed by atoms with Crippen LogP contribution < -0.4 is 0 Å². The number of esters is 1. The topological polar surface area (TPSA) is 63.6 Å². The number of carboxylic acids is 1. The summed E-state index contributed by atoms with van der Waals surface area (Å²) in [4.78, 5) is 23.0. The van der Waals surface area contributed by atoms with E-state index in [1.54, 1.807) is 0 Å². The minimum atomic E-state index is -0.714. The van der Waals surface area contributed by atoms with Crippen LogP contribution in [-0.4, -0.2) is 23.1 Å². The first kappa shape index (κ1) is 35.7. The molecule has 0 aromatic rings. The van der Waals surface area contributed by atoms with Gasteiger partial charge in [-0.2, -0.15) is 0 Å². The van der Waals surface area contributed by atoms with Gasteiger partial charge in [0.05, 0.1) is 0 Å². The smallest absolute Gasteiger partial charge is 0.306 e. The number of rotatable bonds is 29. The molecule has 0 aromatic heterocycles. The van der Waals surface area contributed by atoms with Crippen molar-refractivity contribution in [1.82, 2.24) is 0 Å². The molecule has 1 unspecified atom stereocenters. The molecule has 1 atom stereocenters. The number of hydrogen-bond acceptors (Lipinski definition) is 3. The van der Waals surface area contributed by atoms with Gasteiger partial charge in [-0.05, 0) is 64.2 Å². The molecular weight excluding hydrogens is 460 g/mol. The van der Waals surface area contributed by atoms with Crippen LogP contribution in [0.5, 0.6) is 0 Å². The average Bonchev–Trinajstić information content (AvgIpc) is 2.88. The molecule has 0 aliphatic carbocycles. The van der Waals surface area contributed by atoms with Gasteiger partial charge < -0.3 is 9.84 Å². The third-order valence-corrected chi connectivity index (χ3v) is 7.24. The summed E-state index contributed by atoms with van der Waals surface area (Å²) >= 11 is 0. The fourth-order valence-electron chi connectivity index (χ4n) is 4.82. The van der Waals surface area contributed by atoms with Gasteiger partial charge in [0.25, 0.3) is 0 Å². The molecule has 218 valence electrons. The molecule has 37 heavy (non-hydrogen) atoms. The predicted molar refractivity (Wildman–Crippen MR) is 158 cm³/mol. The Labute approximate surface area is 230 Å². The zero-order chi connectivity index (χ0) is 27.2. The molecular formula is C33H62O4. The van der Waals surface area contributed by atoms with Crippen molar-refractivity contribution in [3.05, 3.63) is 12.2 Å². The number of allylic oxidation sites excluding steroid dienone is 2. The number of unbranched alkanes of at least 4 members (excludes halogenated alkanes) is 18. The Bertz CT molecular complexity index is 528. The van der Waals surface area contributed by atoms with Crippen LogP contribution in [0.3, 0.4) is 0 Å². The number of hydrogen-bond donors (Lipinski definition) is 1. The van der Waals surface area contributed by atoms with Gasteiger partial charge in [-0.3, -0.25) is 9.59 Å². The quantitative estimate of drug-likeness (QED) is 0.0602. The zero-order valence-corrected chi connectivity index (χ0v) is 24.8. The van der Waals surface area contributed by atoms with Crippen molar-refractivity contribution in [1.29, 1.82) is 0 Å². The van der Waals surface area contributed by atoms with E-state index in [2.05, 4.69) is 26.0 Å². The Morgan fingerprint density at radius 2 is 0.973 bits per heavy atom. The first-order valence-corrected chi connectivity index (χ1v) is 16.2. The molecule has 0 radical (unpaired) electrons. The number of carboxylic acid groups (broad SMARTS) is 1. The molecule has 0 aromatic carbocycles. The molecule has 4 heteroatoms. The number of carbonyl (C=O) groups excluding carboxylic acids is 1. The maximum absolute atomic E-state index is 12.4. The van der Waals surface area contributed by atoms with Crippen LogP contribution >= 0.6 is 0 Å². The third kappa shape index (κ3) is 29.1. The normalized spacial score (nSPS) is 12.3. The lowest BCUT2D eigenvalue weighted by Crippen LogP contribution is -2.18. The maximum atomic E-state index is 12.4. The second-order valence-corrected chi connectivity index (χ2v) is 11.0. The minimum absolute atomic E-state index is 0.0281. The van der Waals surface area contributed by atoms with Crippen LogP contribution in [0.15, 0.2) is 12.2 Å². The third-order valence-electron chi connectivity index (χ3n) is 7.24. The number of carbonyl (C=O) groups is 2. The van der Waals surface area contributed by atoms with Gasteiger partial charge in [0.2, 0.25) is 0 Å². The van der Waals surface area contributed by atoms with Crippen LogP contribution in [0.2, 0.25) is 0 Å². The lowest BCUT2D eigenvalue weighted by Gasteiger charge is -2.18. The van der Waals surface area contributed by atoms with Crippen LogP contribution in [0, 0.1) is 0 Å². The van der Waals surface area contributed by atoms with E-state index in [1.807, 2.05) is 0 Å². The van der Waals surface area contributed by atoms with Crippen molar-refractivity contribution < 1.29 is 19.4 Å². The number of ether oxygens (including phenoxy) is 1. The summed E-state index contributed by atoms with van der Waals surface area (Å²) in [7, 11) is 0. The molecule has 0 spiro atoms. The average molecular weight is 523 g/mol. The SMILES string of the molecule is CCCCCCCCC/C=C\CCCCCCCC(=O)OC(CCCCCC)CCCCCCC(=O)O. The monoisotopic (exact) mass is 522 g/mol. The van der Waals surface area contributed by atoms with Gasteiger partial charge in [-0.1, -0.05) is 116 Å². The fraction of sp³-hybridized carbons (Fsp3) is 0.879. The summed E-state index contributed by atoms with van der Waals surface area (Å²) in [5.74, 6) is -0.742. The van der Waals surface area contributed by atoms with E-state index in [4.69, 9.17) is 9.84 Å². The Hall–Kier alpha value is -1.32. The Morgan fingerprint density at radius 3 is 1.49 bits per heavy atom. The van der Waals surface area contributed by atoms with E-state index < -0.39 is 5.97 Å². The highest BCUT2D eigenvalue weighted by Crippen LogP contribution is 2.18. The summed E-state index contributed by atoms with van der Waals surface area (Å²) in [6, 6.07) is 0. The lowest BCUT2D eigenvalue weighted by molar-refractivity contribution is -0.150. The van der Waals surface area contributed by atoms with Gasteiger partial charge in [0, 0.05) is 12.8 Å². The molecule has 0 rings (SSSR count). The molecule has 4 nitrogen and oxygen atoms in total. The Morgan fingerprint density at radius 1 is 0.568 bits per heavy atom. The van der Waals surface area contributed by atoms with Crippen molar-refractivity contribution in [2.45, 2.75) is 187 Å². The first-order valence-electron chi connectivity index (χ1n) is 16.2. The van der Waals surface area contributed by atoms with E-state index in [0.29, 0.717) is 6.42 Å². The highest BCUT2D eigenvalue weighted by molar-refractivity contribution is 5.69. The summed E-state index contributed by atoms with van der Waals surface area (Å²) in [5.41, 5.74) is 0. The lowest BCUT2D eigenvalue weighted by atomic mass is 10.0. The van der Waals surface area contributed by atoms with Gasteiger partial charge in [0.15, 0.2) is 0 Å². The standard InChI is InChI=1S/C33H62O4/c1-3-5-7-9-10-11-12-13-14-15-16-17-18-19-20-26-30-33(36)37-31(27-23-8-6-4-2)28-24-21-22-25-29-32(34)35/h14-15,31H,3-13,16-30H2,1-2H3,(H,34,35)/b15-14-. The van der Waals surface area contributed by atoms with Crippen LogP contribution in [0.25, 0.3) is 0 Å². The van der Waals surface area contributed by atoms with Gasteiger partial charge >= 0.3 is 11.9 Å². The molecule has 0 fully saturated rings. The van der Waals surface area contributed by atoms with Crippen molar-refractivity contribution in [3.63, 3.8) is 0 Å². The Balaban J connectivity index is 3.78. The van der Waals surface area contributed by atoms with Crippen molar-refractivity contribution >= 4 is 11.9 Å². The van der Waals surface area contributed by atoms with Gasteiger partial charge in [-0.15, -0.1) is 0 Å². The number of aliphatic carboxylic acids is 1. The van der Waals surface area contributed by atoms with Crippen LogP contribution in [-0.2, 0) is 14.3 Å². The molecule has 0 saturated carbocycles. The van der Waals surface area contributed by atoms with Crippen LogP contribution in [0.1, 0.15) is 181 Å². The predicted octanol–water partition coefficient (Wildman–Crippen LogP) is 10.7. The zero-order valence-electron chi connectivity index (χ0n) is 24.8. The van der Waals surface area contributed by atoms with E-state index in [9.17, 15) is 9.59 Å².